The normalized spacial score (nSPS) is 9.79. The predicted molar refractivity (Wildman–Crippen MR) is 65.3 cm³/mol. The Bertz CT molecular complexity index is 492. The molecule has 0 atom stereocenters. The Hall–Kier alpha value is -2.69. The first-order valence-electron chi connectivity index (χ1n) is 5.11. The van der Waals surface area contributed by atoms with E-state index in [9.17, 15) is 14.9 Å². The minimum atomic E-state index is -0.931. The number of nitrogen functional groups attached to an aromatic ring is 1. The number of rotatable bonds is 6. The number of hydrogen-bond donors (Lipinski definition) is 4. The number of carbonyl (C=O) groups excluding carboxylic acids is 1. The van der Waals surface area contributed by atoms with E-state index in [1.807, 2.05) is 0 Å². The quantitative estimate of drug-likeness (QED) is 0.230. The smallest absolute Gasteiger partial charge is 0.404 e. The van der Waals surface area contributed by atoms with Gasteiger partial charge in [0.25, 0.3) is 0 Å². The standard InChI is InChI=1S/C8H13N7O4/c1-4-5(15(17)18)6(13-8(12-4)14-10)11-2-3-19-7(9)16/h2-3,10H2,1H3,(H2,9,16)(H2,11,12,13,14). The molecule has 1 amide bonds. The van der Waals surface area contributed by atoms with Crippen LogP contribution >= 0.6 is 0 Å². The molecule has 1 aromatic heterocycles. The van der Waals surface area contributed by atoms with Crippen molar-refractivity contribution in [3.63, 3.8) is 0 Å². The zero-order valence-corrected chi connectivity index (χ0v) is 10.0. The Morgan fingerprint density at radius 3 is 2.74 bits per heavy atom. The van der Waals surface area contributed by atoms with Gasteiger partial charge in [0.15, 0.2) is 0 Å². The minimum absolute atomic E-state index is 0.0291. The van der Waals surface area contributed by atoms with E-state index < -0.39 is 11.0 Å². The summed E-state index contributed by atoms with van der Waals surface area (Å²) in [6, 6.07) is 0. The fourth-order valence-electron chi connectivity index (χ4n) is 1.29. The molecule has 0 saturated carbocycles. The van der Waals surface area contributed by atoms with Gasteiger partial charge >= 0.3 is 11.8 Å². The lowest BCUT2D eigenvalue weighted by Crippen LogP contribution is -2.20. The molecule has 0 saturated heterocycles. The molecule has 0 aliphatic heterocycles. The van der Waals surface area contributed by atoms with Gasteiger partial charge in [-0.1, -0.05) is 0 Å². The van der Waals surface area contributed by atoms with Crippen molar-refractivity contribution in [1.29, 1.82) is 0 Å². The predicted octanol–water partition coefficient (Wildman–Crippen LogP) is -0.514. The summed E-state index contributed by atoms with van der Waals surface area (Å²) in [5, 5.41) is 13.6. The number of aryl methyl sites for hydroxylation is 1. The van der Waals surface area contributed by atoms with Crippen molar-refractivity contribution in [1.82, 2.24) is 9.97 Å². The van der Waals surface area contributed by atoms with Crippen molar-refractivity contribution in [2.45, 2.75) is 6.92 Å². The van der Waals surface area contributed by atoms with E-state index in [0.717, 1.165) is 0 Å². The summed E-state index contributed by atoms with van der Waals surface area (Å²) in [6.07, 6.45) is -0.931. The Kier molecular flexibility index (Phi) is 4.76. The molecule has 0 spiro atoms. The molecule has 0 radical (unpaired) electrons. The molecular weight excluding hydrogens is 258 g/mol. The Morgan fingerprint density at radius 2 is 2.21 bits per heavy atom. The third kappa shape index (κ3) is 3.92. The molecule has 1 aromatic rings. The molecular formula is C8H13N7O4. The topological polar surface area (TPSA) is 171 Å². The van der Waals surface area contributed by atoms with Gasteiger partial charge in [0.2, 0.25) is 11.8 Å². The second kappa shape index (κ2) is 6.30. The fourth-order valence-corrected chi connectivity index (χ4v) is 1.29. The molecule has 0 aromatic carbocycles. The van der Waals surface area contributed by atoms with E-state index >= 15 is 0 Å². The number of hydrogen-bond acceptors (Lipinski definition) is 9. The van der Waals surface area contributed by atoms with Gasteiger partial charge in [0, 0.05) is 0 Å². The number of nitrogens with one attached hydrogen (secondary N) is 2. The molecule has 11 nitrogen and oxygen atoms in total. The van der Waals surface area contributed by atoms with Gasteiger partial charge in [-0.3, -0.25) is 15.5 Å². The maximum Gasteiger partial charge on any atom is 0.404 e. The van der Waals surface area contributed by atoms with Crippen molar-refractivity contribution in [2.75, 3.05) is 23.9 Å². The number of aromatic nitrogens is 2. The molecule has 0 unspecified atom stereocenters. The van der Waals surface area contributed by atoms with Crippen molar-refractivity contribution >= 4 is 23.5 Å². The summed E-state index contributed by atoms with van der Waals surface area (Å²) in [7, 11) is 0. The zero-order valence-electron chi connectivity index (χ0n) is 10.0. The van der Waals surface area contributed by atoms with Crippen molar-refractivity contribution < 1.29 is 14.5 Å². The van der Waals surface area contributed by atoms with Crippen LogP contribution in [0, 0.1) is 17.0 Å². The van der Waals surface area contributed by atoms with Gasteiger partial charge in [-0.15, -0.1) is 0 Å². The van der Waals surface area contributed by atoms with E-state index in [4.69, 9.17) is 11.6 Å². The maximum absolute atomic E-state index is 10.9. The number of amides is 1. The van der Waals surface area contributed by atoms with Gasteiger partial charge in [-0.05, 0) is 6.92 Å². The molecule has 0 aliphatic carbocycles. The summed E-state index contributed by atoms with van der Waals surface area (Å²) >= 11 is 0. The fraction of sp³-hybridized carbons (Fsp3) is 0.375. The Morgan fingerprint density at radius 1 is 1.53 bits per heavy atom. The van der Waals surface area contributed by atoms with Crippen molar-refractivity contribution in [2.24, 2.45) is 11.6 Å². The number of nitrogens with two attached hydrogens (primary N) is 2. The highest BCUT2D eigenvalue weighted by molar-refractivity contribution is 5.64. The maximum atomic E-state index is 10.9. The van der Waals surface area contributed by atoms with E-state index in [1.165, 1.54) is 6.92 Å². The van der Waals surface area contributed by atoms with Crippen LogP contribution in [0.25, 0.3) is 0 Å². The first-order valence-corrected chi connectivity index (χ1v) is 5.11. The van der Waals surface area contributed by atoms with Crippen LogP contribution in [0.4, 0.5) is 22.2 Å². The van der Waals surface area contributed by atoms with Crippen LogP contribution in [0.2, 0.25) is 0 Å². The summed E-state index contributed by atoms with van der Waals surface area (Å²) in [4.78, 5) is 28.3. The second-order valence-electron chi connectivity index (χ2n) is 3.33. The lowest BCUT2D eigenvalue weighted by atomic mass is 10.3. The van der Waals surface area contributed by atoms with Gasteiger partial charge in [-0.2, -0.15) is 4.98 Å². The monoisotopic (exact) mass is 271 g/mol. The molecule has 0 aliphatic rings. The minimum Gasteiger partial charge on any atom is -0.448 e. The number of nitro groups is 1. The summed E-state index contributed by atoms with van der Waals surface area (Å²) in [5.74, 6) is 5.15. The number of hydrazine groups is 1. The van der Waals surface area contributed by atoms with Gasteiger partial charge < -0.3 is 15.8 Å². The molecule has 1 rings (SSSR count). The summed E-state index contributed by atoms with van der Waals surface area (Å²) < 4.78 is 4.47. The highest BCUT2D eigenvalue weighted by Crippen LogP contribution is 2.25. The van der Waals surface area contributed by atoms with Crippen molar-refractivity contribution in [3.05, 3.63) is 15.8 Å². The lowest BCUT2D eigenvalue weighted by Gasteiger charge is -2.09. The van der Waals surface area contributed by atoms with Gasteiger partial charge in [0.1, 0.15) is 12.3 Å². The number of anilines is 2. The van der Waals surface area contributed by atoms with Crippen LogP contribution in [0.15, 0.2) is 0 Å². The molecule has 19 heavy (non-hydrogen) atoms. The third-order valence-electron chi connectivity index (χ3n) is 2.01. The van der Waals surface area contributed by atoms with Crippen LogP contribution in [0.3, 0.4) is 0 Å². The zero-order chi connectivity index (χ0) is 14.4. The molecule has 0 bridgehead atoms. The van der Waals surface area contributed by atoms with E-state index in [2.05, 4.69) is 25.4 Å². The lowest BCUT2D eigenvalue weighted by molar-refractivity contribution is -0.385. The summed E-state index contributed by atoms with van der Waals surface area (Å²) in [6.45, 7) is 1.50. The molecule has 11 heteroatoms. The SMILES string of the molecule is Cc1nc(NN)nc(NCCOC(N)=O)c1[N+](=O)[O-]. The molecule has 0 fully saturated rings. The van der Waals surface area contributed by atoms with E-state index in [0.29, 0.717) is 0 Å². The largest absolute Gasteiger partial charge is 0.448 e. The summed E-state index contributed by atoms with van der Waals surface area (Å²) in [5.41, 5.74) is 6.83. The molecule has 1 heterocycles. The van der Waals surface area contributed by atoms with Crippen LogP contribution in [0.1, 0.15) is 5.69 Å². The molecule has 6 N–H and O–H groups in total. The Labute approximate surface area is 107 Å². The van der Waals surface area contributed by atoms with Crippen LogP contribution in [-0.2, 0) is 4.74 Å². The van der Waals surface area contributed by atoms with Crippen LogP contribution in [0.5, 0.6) is 0 Å². The first kappa shape index (κ1) is 14.4. The number of nitrogens with zero attached hydrogens (tertiary/aromatic N) is 3. The molecule has 104 valence electrons. The van der Waals surface area contributed by atoms with Gasteiger partial charge in [-0.25, -0.2) is 15.6 Å². The Balaban J connectivity index is 2.87. The van der Waals surface area contributed by atoms with Crippen LogP contribution in [-0.4, -0.2) is 34.1 Å². The average molecular weight is 271 g/mol. The highest BCUT2D eigenvalue weighted by Gasteiger charge is 2.21. The van der Waals surface area contributed by atoms with Gasteiger partial charge in [0.05, 0.1) is 11.5 Å². The third-order valence-corrected chi connectivity index (χ3v) is 2.01. The average Bonchev–Trinajstić information content (AvgIpc) is 2.33. The number of carbonyl (C=O) groups is 1. The number of primary amides is 1. The first-order chi connectivity index (χ1) is 8.95. The van der Waals surface area contributed by atoms with E-state index in [-0.39, 0.29) is 36.3 Å². The van der Waals surface area contributed by atoms with Crippen LogP contribution < -0.4 is 22.3 Å². The van der Waals surface area contributed by atoms with E-state index in [1.54, 1.807) is 0 Å². The van der Waals surface area contributed by atoms with Crippen molar-refractivity contribution in [3.8, 4) is 0 Å². The second-order valence-corrected chi connectivity index (χ2v) is 3.33. The highest BCUT2D eigenvalue weighted by atomic mass is 16.6. The number of ether oxygens (including phenoxy) is 1.